The first-order valence-electron chi connectivity index (χ1n) is 4.99. The van der Waals surface area contributed by atoms with E-state index in [2.05, 4.69) is 4.90 Å². The lowest BCUT2D eigenvalue weighted by Crippen LogP contribution is -2.18. The van der Waals surface area contributed by atoms with Crippen LogP contribution in [-0.4, -0.2) is 13.1 Å². The molecule has 1 saturated heterocycles. The molecule has 14 heavy (non-hydrogen) atoms. The zero-order valence-electron chi connectivity index (χ0n) is 8.39. The maximum atomic E-state index is 6.26. The summed E-state index contributed by atoms with van der Waals surface area (Å²) in [4.78, 5) is 2.33. The van der Waals surface area contributed by atoms with E-state index >= 15 is 0 Å². The molecule has 76 valence electrons. The fourth-order valence-corrected chi connectivity index (χ4v) is 2.18. The number of benzene rings is 1. The molecule has 2 N–H and O–H groups in total. The predicted octanol–water partition coefficient (Wildman–Crippen LogP) is 2.83. The van der Waals surface area contributed by atoms with Crippen molar-refractivity contribution in [1.82, 2.24) is 0 Å². The number of hydrogen-bond acceptors (Lipinski definition) is 2. The Morgan fingerprint density at radius 2 is 1.93 bits per heavy atom. The Labute approximate surface area is 89.7 Å². The van der Waals surface area contributed by atoms with Gasteiger partial charge in [0.2, 0.25) is 0 Å². The Morgan fingerprint density at radius 1 is 1.29 bits per heavy atom. The molecule has 0 saturated carbocycles. The average molecular weight is 211 g/mol. The van der Waals surface area contributed by atoms with Gasteiger partial charge >= 0.3 is 0 Å². The zero-order chi connectivity index (χ0) is 10.1. The normalized spacial score (nSPS) is 16.3. The molecule has 0 atom stereocenters. The van der Waals surface area contributed by atoms with E-state index in [1.165, 1.54) is 12.8 Å². The number of nitrogens with zero attached hydrogens (tertiary/aromatic N) is 1. The van der Waals surface area contributed by atoms with E-state index in [0.29, 0.717) is 0 Å². The van der Waals surface area contributed by atoms with E-state index in [4.69, 9.17) is 17.3 Å². The molecular formula is C11H15ClN2. The van der Waals surface area contributed by atoms with Gasteiger partial charge in [-0.2, -0.15) is 0 Å². The van der Waals surface area contributed by atoms with Crippen molar-refractivity contribution in [3.8, 4) is 0 Å². The fraction of sp³-hybridized carbons (Fsp3) is 0.455. The molecule has 1 aliphatic rings. The molecule has 1 fully saturated rings. The average Bonchev–Trinajstić information content (AvgIpc) is 2.67. The number of halogens is 1. The number of hydrogen-bond donors (Lipinski definition) is 1. The van der Waals surface area contributed by atoms with Crippen LogP contribution >= 0.6 is 11.6 Å². The van der Waals surface area contributed by atoms with Crippen LogP contribution in [0.1, 0.15) is 18.4 Å². The van der Waals surface area contributed by atoms with Crippen LogP contribution in [0.15, 0.2) is 12.1 Å². The molecule has 0 aromatic heterocycles. The molecule has 1 aromatic carbocycles. The van der Waals surface area contributed by atoms with Crippen molar-refractivity contribution < 1.29 is 0 Å². The highest BCUT2D eigenvalue weighted by Gasteiger charge is 2.16. The monoisotopic (exact) mass is 210 g/mol. The molecule has 0 radical (unpaired) electrons. The van der Waals surface area contributed by atoms with Crippen molar-refractivity contribution in [2.75, 3.05) is 23.7 Å². The molecule has 1 aliphatic heterocycles. The van der Waals surface area contributed by atoms with Gasteiger partial charge in [-0.15, -0.1) is 0 Å². The van der Waals surface area contributed by atoms with Crippen molar-refractivity contribution in [2.24, 2.45) is 0 Å². The van der Waals surface area contributed by atoms with Crippen molar-refractivity contribution >= 4 is 23.0 Å². The summed E-state index contributed by atoms with van der Waals surface area (Å²) in [7, 11) is 0. The summed E-state index contributed by atoms with van der Waals surface area (Å²) in [5.74, 6) is 0. The molecule has 0 aliphatic carbocycles. The van der Waals surface area contributed by atoms with Crippen LogP contribution in [0.4, 0.5) is 11.4 Å². The minimum absolute atomic E-state index is 0.776. The van der Waals surface area contributed by atoms with Gasteiger partial charge in [0.05, 0.1) is 10.7 Å². The molecule has 3 heteroatoms. The highest BCUT2D eigenvalue weighted by Crippen LogP contribution is 2.33. The number of rotatable bonds is 1. The third-order valence-electron chi connectivity index (χ3n) is 2.85. The van der Waals surface area contributed by atoms with Gasteiger partial charge < -0.3 is 10.6 Å². The predicted molar refractivity (Wildman–Crippen MR) is 62.0 cm³/mol. The van der Waals surface area contributed by atoms with E-state index in [0.717, 1.165) is 35.1 Å². The van der Waals surface area contributed by atoms with E-state index in [1.54, 1.807) is 0 Å². The number of anilines is 2. The highest BCUT2D eigenvalue weighted by atomic mass is 35.5. The van der Waals surface area contributed by atoms with Crippen molar-refractivity contribution in [2.45, 2.75) is 19.8 Å². The minimum atomic E-state index is 0.776. The second-order valence-electron chi connectivity index (χ2n) is 3.81. The van der Waals surface area contributed by atoms with E-state index in [9.17, 15) is 0 Å². The summed E-state index contributed by atoms with van der Waals surface area (Å²) in [5, 5.41) is 0.812. The lowest BCUT2D eigenvalue weighted by Gasteiger charge is -2.20. The second kappa shape index (κ2) is 3.70. The summed E-state index contributed by atoms with van der Waals surface area (Å²) < 4.78 is 0. The zero-order valence-corrected chi connectivity index (χ0v) is 9.14. The first-order valence-corrected chi connectivity index (χ1v) is 5.37. The third kappa shape index (κ3) is 1.55. The highest BCUT2D eigenvalue weighted by molar-refractivity contribution is 6.34. The van der Waals surface area contributed by atoms with Gasteiger partial charge in [-0.1, -0.05) is 11.6 Å². The molecular weight excluding hydrogens is 196 g/mol. The standard InChI is InChI=1S/C11H15ClN2/c1-8-9(13)4-5-10(11(8)12)14-6-2-3-7-14/h4-5H,2-3,6-7,13H2,1H3. The van der Waals surface area contributed by atoms with E-state index in [1.807, 2.05) is 19.1 Å². The summed E-state index contributed by atoms with van der Waals surface area (Å²) in [6.45, 7) is 4.20. The molecule has 0 bridgehead atoms. The molecule has 0 spiro atoms. The molecule has 2 rings (SSSR count). The Hall–Kier alpha value is -0.890. The minimum Gasteiger partial charge on any atom is -0.398 e. The van der Waals surface area contributed by atoms with Crippen LogP contribution < -0.4 is 10.6 Å². The molecule has 0 amide bonds. The summed E-state index contributed by atoms with van der Waals surface area (Å²) in [5.41, 5.74) is 8.69. The summed E-state index contributed by atoms with van der Waals surface area (Å²) >= 11 is 6.26. The molecule has 2 nitrogen and oxygen atoms in total. The van der Waals surface area contributed by atoms with E-state index < -0.39 is 0 Å². The van der Waals surface area contributed by atoms with Gasteiger partial charge in [0.25, 0.3) is 0 Å². The smallest absolute Gasteiger partial charge is 0.0689 e. The van der Waals surface area contributed by atoms with Crippen LogP contribution in [-0.2, 0) is 0 Å². The van der Waals surface area contributed by atoms with Crippen molar-refractivity contribution in [3.63, 3.8) is 0 Å². The Kier molecular flexibility index (Phi) is 2.55. The maximum Gasteiger partial charge on any atom is 0.0689 e. The first-order chi connectivity index (χ1) is 6.70. The Bertz CT molecular complexity index is 343. The van der Waals surface area contributed by atoms with Crippen LogP contribution in [0.25, 0.3) is 0 Å². The topological polar surface area (TPSA) is 29.3 Å². The quantitative estimate of drug-likeness (QED) is 0.723. The van der Waals surface area contributed by atoms with Crippen molar-refractivity contribution in [1.29, 1.82) is 0 Å². The van der Waals surface area contributed by atoms with Gasteiger partial charge in [0, 0.05) is 18.8 Å². The lowest BCUT2D eigenvalue weighted by molar-refractivity contribution is 0.949. The molecule has 1 aromatic rings. The van der Waals surface area contributed by atoms with Gasteiger partial charge in [-0.25, -0.2) is 0 Å². The van der Waals surface area contributed by atoms with Gasteiger partial charge in [-0.3, -0.25) is 0 Å². The third-order valence-corrected chi connectivity index (χ3v) is 3.33. The summed E-state index contributed by atoms with van der Waals surface area (Å²) in [6.07, 6.45) is 2.53. The van der Waals surface area contributed by atoms with Gasteiger partial charge in [-0.05, 0) is 37.5 Å². The first kappa shape index (κ1) is 9.66. The number of nitrogens with two attached hydrogens (primary N) is 1. The Balaban J connectivity index is 2.38. The van der Waals surface area contributed by atoms with Crippen LogP contribution in [0.3, 0.4) is 0 Å². The lowest BCUT2D eigenvalue weighted by atomic mass is 10.1. The molecule has 0 unspecified atom stereocenters. The largest absolute Gasteiger partial charge is 0.398 e. The van der Waals surface area contributed by atoms with Crippen LogP contribution in [0, 0.1) is 6.92 Å². The van der Waals surface area contributed by atoms with Crippen LogP contribution in [0.5, 0.6) is 0 Å². The van der Waals surface area contributed by atoms with E-state index in [-0.39, 0.29) is 0 Å². The van der Waals surface area contributed by atoms with Crippen LogP contribution in [0.2, 0.25) is 5.02 Å². The number of nitrogen functional groups attached to an aromatic ring is 1. The second-order valence-corrected chi connectivity index (χ2v) is 4.19. The van der Waals surface area contributed by atoms with Gasteiger partial charge in [0.15, 0.2) is 0 Å². The fourth-order valence-electron chi connectivity index (χ4n) is 1.89. The Morgan fingerprint density at radius 3 is 2.57 bits per heavy atom. The molecule has 1 heterocycles. The SMILES string of the molecule is Cc1c(N)ccc(N2CCCC2)c1Cl. The van der Waals surface area contributed by atoms with Gasteiger partial charge in [0.1, 0.15) is 0 Å². The summed E-state index contributed by atoms with van der Waals surface area (Å²) in [6, 6.07) is 3.96. The maximum absolute atomic E-state index is 6.26. The van der Waals surface area contributed by atoms with Crippen molar-refractivity contribution in [3.05, 3.63) is 22.7 Å².